The molecular weight excluding hydrogens is 272 g/mol. The van der Waals surface area contributed by atoms with Crippen LogP contribution >= 0.6 is 0 Å². The Balaban J connectivity index is 2.28. The summed E-state index contributed by atoms with van der Waals surface area (Å²) in [6.45, 7) is 4.37. The molecule has 22 heavy (non-hydrogen) atoms. The Morgan fingerprint density at radius 3 is 2.82 bits per heavy atom. The van der Waals surface area contributed by atoms with Gasteiger partial charge in [-0.2, -0.15) is 5.26 Å². The second-order valence-corrected chi connectivity index (χ2v) is 6.11. The summed E-state index contributed by atoms with van der Waals surface area (Å²) in [6, 6.07) is 13.1. The van der Waals surface area contributed by atoms with Crippen LogP contribution in [0.4, 0.5) is 0 Å². The third-order valence-electron chi connectivity index (χ3n) is 4.48. The molecule has 1 aromatic carbocycles. The Kier molecular flexibility index (Phi) is 3.46. The molecule has 0 bridgehead atoms. The molecule has 0 saturated heterocycles. The molecule has 0 fully saturated rings. The van der Waals surface area contributed by atoms with E-state index in [-0.39, 0.29) is 11.0 Å². The quantitative estimate of drug-likeness (QED) is 0.848. The van der Waals surface area contributed by atoms with E-state index in [0.29, 0.717) is 5.56 Å². The van der Waals surface area contributed by atoms with Crippen molar-refractivity contribution in [2.45, 2.75) is 26.7 Å². The van der Waals surface area contributed by atoms with Crippen molar-refractivity contribution in [1.82, 2.24) is 4.57 Å². The van der Waals surface area contributed by atoms with Crippen molar-refractivity contribution in [2.24, 2.45) is 5.41 Å². The molecule has 3 rings (SSSR count). The molecule has 0 spiro atoms. The topological polar surface area (TPSA) is 45.8 Å². The number of rotatable bonds is 2. The summed E-state index contributed by atoms with van der Waals surface area (Å²) in [6.07, 6.45) is 5.89. The maximum atomic E-state index is 12.2. The molecule has 3 heteroatoms. The summed E-state index contributed by atoms with van der Waals surface area (Å²) in [5.74, 6) is 0. The molecule has 1 unspecified atom stereocenters. The van der Waals surface area contributed by atoms with Crippen molar-refractivity contribution in [2.75, 3.05) is 0 Å². The summed E-state index contributed by atoms with van der Waals surface area (Å²) in [5.41, 5.74) is 3.64. The molecule has 0 aliphatic heterocycles. The van der Waals surface area contributed by atoms with Gasteiger partial charge < -0.3 is 0 Å². The van der Waals surface area contributed by atoms with Gasteiger partial charge in [0.15, 0.2) is 0 Å². The maximum Gasteiger partial charge on any atom is 0.255 e. The van der Waals surface area contributed by atoms with Gasteiger partial charge in [-0.15, -0.1) is 0 Å². The van der Waals surface area contributed by atoms with E-state index in [2.05, 4.69) is 26.0 Å². The first-order valence-corrected chi connectivity index (χ1v) is 7.50. The lowest BCUT2D eigenvalue weighted by Crippen LogP contribution is -2.26. The van der Waals surface area contributed by atoms with Crippen LogP contribution in [-0.4, -0.2) is 4.57 Å². The molecule has 2 aromatic rings. The van der Waals surface area contributed by atoms with Crippen molar-refractivity contribution in [3.05, 3.63) is 75.7 Å². The van der Waals surface area contributed by atoms with Crippen molar-refractivity contribution < 1.29 is 0 Å². The lowest BCUT2D eigenvalue weighted by Gasteiger charge is -2.32. The van der Waals surface area contributed by atoms with Gasteiger partial charge in [0.2, 0.25) is 0 Å². The van der Waals surface area contributed by atoms with Crippen LogP contribution in [0.3, 0.4) is 0 Å². The smallest absolute Gasteiger partial charge is 0.255 e. The molecule has 0 radical (unpaired) electrons. The largest absolute Gasteiger partial charge is 0.284 e. The van der Waals surface area contributed by atoms with Crippen molar-refractivity contribution in [1.29, 1.82) is 5.26 Å². The van der Waals surface area contributed by atoms with Crippen LogP contribution in [0.15, 0.2) is 53.5 Å². The number of nitriles is 1. The van der Waals surface area contributed by atoms with Gasteiger partial charge in [0.25, 0.3) is 5.56 Å². The Bertz CT molecular complexity index is 854. The Morgan fingerprint density at radius 2 is 2.14 bits per heavy atom. The predicted molar refractivity (Wildman–Crippen MR) is 87.3 cm³/mol. The number of fused-ring (bicyclic) bond motifs is 1. The first-order valence-electron chi connectivity index (χ1n) is 7.50. The maximum absolute atomic E-state index is 12.2. The number of hydrogen-bond donors (Lipinski definition) is 0. The van der Waals surface area contributed by atoms with Gasteiger partial charge in [-0.05, 0) is 42.0 Å². The molecular formula is C19H18N2O. The number of hydrogen-bond acceptors (Lipinski definition) is 2. The van der Waals surface area contributed by atoms with Gasteiger partial charge in [-0.25, -0.2) is 0 Å². The lowest BCUT2D eigenvalue weighted by molar-refractivity contribution is 0.403. The van der Waals surface area contributed by atoms with Gasteiger partial charge in [0.1, 0.15) is 0 Å². The molecule has 3 nitrogen and oxygen atoms in total. The summed E-state index contributed by atoms with van der Waals surface area (Å²) in [7, 11) is 0. The van der Waals surface area contributed by atoms with Crippen LogP contribution in [0.1, 0.15) is 37.0 Å². The van der Waals surface area contributed by atoms with Crippen molar-refractivity contribution in [3.63, 3.8) is 0 Å². The second-order valence-electron chi connectivity index (χ2n) is 6.11. The fourth-order valence-electron chi connectivity index (χ4n) is 2.99. The highest BCUT2D eigenvalue weighted by atomic mass is 16.1. The van der Waals surface area contributed by atoms with Gasteiger partial charge in [-0.1, -0.05) is 32.1 Å². The number of nitrogens with zero attached hydrogens (tertiary/aromatic N) is 2. The van der Waals surface area contributed by atoms with Crippen LogP contribution in [0, 0.1) is 16.7 Å². The van der Waals surface area contributed by atoms with Crippen LogP contribution in [-0.2, 0) is 6.42 Å². The van der Waals surface area contributed by atoms with Crippen LogP contribution in [0.2, 0.25) is 0 Å². The fraction of sp³-hybridized carbons (Fsp3) is 0.263. The molecule has 110 valence electrons. The molecule has 1 aliphatic rings. The van der Waals surface area contributed by atoms with Crippen LogP contribution < -0.4 is 5.56 Å². The first kappa shape index (κ1) is 14.3. The number of benzene rings is 1. The van der Waals surface area contributed by atoms with Gasteiger partial charge in [0, 0.05) is 17.8 Å². The van der Waals surface area contributed by atoms with E-state index in [0.717, 1.165) is 24.1 Å². The molecule has 1 heterocycles. The molecule has 1 atom stereocenters. The Hall–Kier alpha value is -2.60. The van der Waals surface area contributed by atoms with Crippen molar-refractivity contribution in [3.8, 4) is 6.07 Å². The van der Waals surface area contributed by atoms with Crippen LogP contribution in [0.25, 0.3) is 5.70 Å². The number of aromatic nitrogens is 1. The highest BCUT2D eigenvalue weighted by molar-refractivity contribution is 5.72. The van der Waals surface area contributed by atoms with E-state index in [9.17, 15) is 4.79 Å². The number of allylic oxidation sites excluding steroid dienone is 1. The average Bonchev–Trinajstić information content (AvgIpc) is 2.54. The average molecular weight is 290 g/mol. The minimum absolute atomic E-state index is 0.0196. The van der Waals surface area contributed by atoms with Gasteiger partial charge in [0.05, 0.1) is 17.3 Å². The summed E-state index contributed by atoms with van der Waals surface area (Å²) in [4.78, 5) is 12.2. The zero-order chi connectivity index (χ0) is 15.7. The predicted octanol–water partition coefficient (Wildman–Crippen LogP) is 3.58. The van der Waals surface area contributed by atoms with E-state index < -0.39 is 0 Å². The normalized spacial score (nSPS) is 20.0. The standard InChI is InChI=1S/C19H18N2O/c1-3-19(2)11-15-8-7-14(13-20)10-16(15)17(12-19)21-9-5-4-6-18(21)22/h4-10,12H,3,11H2,1-2H3. The molecule has 0 saturated carbocycles. The van der Waals surface area contributed by atoms with Gasteiger partial charge >= 0.3 is 0 Å². The summed E-state index contributed by atoms with van der Waals surface area (Å²) in [5, 5.41) is 9.16. The lowest BCUT2D eigenvalue weighted by atomic mass is 9.74. The second kappa shape index (κ2) is 5.31. The van der Waals surface area contributed by atoms with E-state index in [1.807, 2.05) is 24.3 Å². The highest BCUT2D eigenvalue weighted by Crippen LogP contribution is 2.39. The van der Waals surface area contributed by atoms with Crippen LogP contribution in [0.5, 0.6) is 0 Å². The van der Waals surface area contributed by atoms with E-state index in [1.165, 1.54) is 5.56 Å². The summed E-state index contributed by atoms with van der Waals surface area (Å²) < 4.78 is 1.67. The first-order chi connectivity index (χ1) is 10.6. The molecule has 0 N–H and O–H groups in total. The Morgan fingerprint density at radius 1 is 1.32 bits per heavy atom. The third-order valence-corrected chi connectivity index (χ3v) is 4.48. The zero-order valence-corrected chi connectivity index (χ0v) is 12.8. The molecule has 1 aliphatic carbocycles. The minimum atomic E-state index is -0.0533. The van der Waals surface area contributed by atoms with E-state index in [4.69, 9.17) is 5.26 Å². The monoisotopic (exact) mass is 290 g/mol. The molecule has 0 amide bonds. The zero-order valence-electron chi connectivity index (χ0n) is 12.8. The SMILES string of the molecule is CCC1(C)C=C(n2ccccc2=O)c2cc(C#N)ccc2C1. The highest BCUT2D eigenvalue weighted by Gasteiger charge is 2.29. The summed E-state index contributed by atoms with van der Waals surface area (Å²) >= 11 is 0. The van der Waals surface area contributed by atoms with Gasteiger partial charge in [-0.3, -0.25) is 9.36 Å². The number of pyridine rings is 1. The minimum Gasteiger partial charge on any atom is -0.284 e. The van der Waals surface area contributed by atoms with E-state index >= 15 is 0 Å². The van der Waals surface area contributed by atoms with E-state index in [1.54, 1.807) is 22.9 Å². The van der Waals surface area contributed by atoms with Crippen molar-refractivity contribution >= 4 is 5.70 Å². The third kappa shape index (κ3) is 2.37. The molecule has 1 aromatic heterocycles. The fourth-order valence-corrected chi connectivity index (χ4v) is 2.99. The Labute approximate surface area is 130 Å².